The number of ether oxygens (including phenoxy) is 1. The fourth-order valence-electron chi connectivity index (χ4n) is 2.75. The minimum Gasteiger partial charge on any atom is -0.381 e. The maximum Gasteiger partial charge on any atom is 0.157 e. The summed E-state index contributed by atoms with van der Waals surface area (Å²) in [5, 5.41) is 4.85. The number of amidine groups is 1. The number of unbranched alkanes of at least 4 members (excludes halogenated alkanes) is 1. The first-order chi connectivity index (χ1) is 9.28. The van der Waals surface area contributed by atoms with Gasteiger partial charge >= 0.3 is 0 Å². The summed E-state index contributed by atoms with van der Waals surface area (Å²) in [5.41, 5.74) is 0.285. The van der Waals surface area contributed by atoms with Crippen molar-refractivity contribution in [1.82, 2.24) is 5.32 Å². The highest BCUT2D eigenvalue weighted by atomic mass is 32.2. The zero-order valence-electron chi connectivity index (χ0n) is 12.4. The van der Waals surface area contributed by atoms with Crippen molar-refractivity contribution in [3.8, 4) is 0 Å². The molecule has 1 atom stereocenters. The van der Waals surface area contributed by atoms with Crippen LogP contribution >= 0.6 is 11.8 Å². The largest absolute Gasteiger partial charge is 0.381 e. The molecule has 1 spiro atoms. The summed E-state index contributed by atoms with van der Waals surface area (Å²) < 4.78 is 5.46. The van der Waals surface area contributed by atoms with Crippen LogP contribution < -0.4 is 5.32 Å². The van der Waals surface area contributed by atoms with Crippen LogP contribution in [0.25, 0.3) is 0 Å². The van der Waals surface area contributed by atoms with E-state index < -0.39 is 0 Å². The molecule has 1 unspecified atom stereocenters. The highest BCUT2D eigenvalue weighted by Crippen LogP contribution is 2.31. The summed E-state index contributed by atoms with van der Waals surface area (Å²) in [4.78, 5) is 4.82. The Hall–Kier alpha value is -0.220. The molecule has 19 heavy (non-hydrogen) atoms. The third kappa shape index (κ3) is 4.38. The zero-order chi connectivity index (χ0) is 13.6. The van der Waals surface area contributed by atoms with Crippen molar-refractivity contribution in [3.05, 3.63) is 0 Å². The number of hydrogen-bond acceptors (Lipinski definition) is 3. The molecule has 4 heteroatoms. The second-order valence-electron chi connectivity index (χ2n) is 5.87. The van der Waals surface area contributed by atoms with Crippen LogP contribution in [0.3, 0.4) is 0 Å². The summed E-state index contributed by atoms with van der Waals surface area (Å²) in [5.74, 6) is 1.93. The van der Waals surface area contributed by atoms with Gasteiger partial charge in [-0.15, -0.1) is 0 Å². The summed E-state index contributed by atoms with van der Waals surface area (Å²) >= 11 is 1.91. The fraction of sp³-hybridized carbons (Fsp3) is 0.933. The maximum atomic E-state index is 5.46. The van der Waals surface area contributed by atoms with Gasteiger partial charge in [-0.05, 0) is 25.2 Å². The van der Waals surface area contributed by atoms with Crippen molar-refractivity contribution >= 4 is 16.9 Å². The first-order valence-electron chi connectivity index (χ1n) is 7.81. The molecule has 2 rings (SSSR count). The lowest BCUT2D eigenvalue weighted by molar-refractivity contribution is 0.0555. The number of thioether (sulfide) groups is 1. The highest BCUT2D eigenvalue weighted by Gasteiger charge is 2.38. The first-order valence-corrected chi connectivity index (χ1v) is 8.80. The number of rotatable bonds is 6. The van der Waals surface area contributed by atoms with E-state index in [1.54, 1.807) is 0 Å². The number of hydrogen-bond donors (Lipinski definition) is 1. The summed E-state index contributed by atoms with van der Waals surface area (Å²) in [6, 6.07) is 0. The Labute approximate surface area is 122 Å². The second-order valence-corrected chi connectivity index (χ2v) is 6.83. The average molecular weight is 284 g/mol. The van der Waals surface area contributed by atoms with Crippen LogP contribution in [0.5, 0.6) is 0 Å². The molecule has 2 fully saturated rings. The van der Waals surface area contributed by atoms with E-state index in [0.717, 1.165) is 38.5 Å². The van der Waals surface area contributed by atoms with Crippen LogP contribution in [-0.2, 0) is 4.74 Å². The molecule has 0 aliphatic carbocycles. The van der Waals surface area contributed by atoms with Gasteiger partial charge < -0.3 is 10.1 Å². The van der Waals surface area contributed by atoms with Crippen molar-refractivity contribution in [2.45, 2.75) is 57.9 Å². The van der Waals surface area contributed by atoms with E-state index in [1.165, 1.54) is 36.6 Å². The summed E-state index contributed by atoms with van der Waals surface area (Å²) in [7, 11) is 0. The predicted octanol–water partition coefficient (Wildman–Crippen LogP) is 3.44. The Kier molecular flexibility index (Phi) is 6.02. The van der Waals surface area contributed by atoms with Crippen molar-refractivity contribution in [2.24, 2.45) is 10.9 Å². The van der Waals surface area contributed by atoms with Gasteiger partial charge in [0.2, 0.25) is 0 Å². The zero-order valence-corrected chi connectivity index (χ0v) is 13.2. The van der Waals surface area contributed by atoms with E-state index in [0.29, 0.717) is 0 Å². The molecule has 1 N–H and O–H groups in total. The fourth-order valence-corrected chi connectivity index (χ4v) is 3.98. The van der Waals surface area contributed by atoms with Gasteiger partial charge in [-0.3, -0.25) is 4.99 Å². The van der Waals surface area contributed by atoms with Gasteiger partial charge in [0, 0.05) is 25.5 Å². The van der Waals surface area contributed by atoms with Crippen molar-refractivity contribution < 1.29 is 4.74 Å². The minimum atomic E-state index is 0.285. The van der Waals surface area contributed by atoms with Gasteiger partial charge in [-0.2, -0.15) is 0 Å². The lowest BCUT2D eigenvalue weighted by atomic mass is 9.93. The van der Waals surface area contributed by atoms with Gasteiger partial charge in [-0.1, -0.05) is 44.9 Å². The van der Waals surface area contributed by atoms with Crippen LogP contribution in [0.15, 0.2) is 4.99 Å². The SMILES string of the molecule is CCCCC(CC)CN=C1NC2(CCOCC2)CS1. The normalized spacial score (nSPS) is 25.7. The molecule has 0 saturated carbocycles. The lowest BCUT2D eigenvalue weighted by Gasteiger charge is -2.32. The molecular formula is C15H28N2OS. The van der Waals surface area contributed by atoms with E-state index in [4.69, 9.17) is 9.73 Å². The lowest BCUT2D eigenvalue weighted by Crippen LogP contribution is -2.48. The standard InChI is InChI=1S/C15H28N2OS/c1-3-5-6-13(4-2)11-16-14-17-15(12-19-14)7-9-18-10-8-15/h13H,3-12H2,1-2H3,(H,16,17). The molecule has 0 bridgehead atoms. The minimum absolute atomic E-state index is 0.285. The van der Waals surface area contributed by atoms with Crippen LogP contribution in [0.2, 0.25) is 0 Å². The Morgan fingerprint density at radius 1 is 1.37 bits per heavy atom. The maximum absolute atomic E-state index is 5.46. The third-order valence-electron chi connectivity index (χ3n) is 4.34. The van der Waals surface area contributed by atoms with Crippen LogP contribution in [-0.4, -0.2) is 36.2 Å². The van der Waals surface area contributed by atoms with Gasteiger partial charge in [0.05, 0.1) is 5.54 Å². The van der Waals surface area contributed by atoms with Crippen molar-refractivity contribution in [3.63, 3.8) is 0 Å². The van der Waals surface area contributed by atoms with Crippen LogP contribution in [0, 0.1) is 5.92 Å². The molecular weight excluding hydrogens is 256 g/mol. The smallest absolute Gasteiger partial charge is 0.157 e. The molecule has 0 radical (unpaired) electrons. The molecule has 110 valence electrons. The molecule has 2 heterocycles. The summed E-state index contributed by atoms with van der Waals surface area (Å²) in [6.07, 6.45) is 7.47. The van der Waals surface area contributed by atoms with E-state index in [-0.39, 0.29) is 5.54 Å². The van der Waals surface area contributed by atoms with E-state index >= 15 is 0 Å². The first kappa shape index (κ1) is 15.2. The molecule has 0 amide bonds. The van der Waals surface area contributed by atoms with Gasteiger partial charge in [0.25, 0.3) is 0 Å². The van der Waals surface area contributed by atoms with E-state index in [1.807, 2.05) is 11.8 Å². The Morgan fingerprint density at radius 3 is 2.84 bits per heavy atom. The Bertz CT molecular complexity index is 301. The quantitative estimate of drug-likeness (QED) is 0.811. The predicted molar refractivity (Wildman–Crippen MR) is 84.0 cm³/mol. The van der Waals surface area contributed by atoms with E-state index in [9.17, 15) is 0 Å². The van der Waals surface area contributed by atoms with Crippen molar-refractivity contribution in [2.75, 3.05) is 25.5 Å². The van der Waals surface area contributed by atoms with Gasteiger partial charge in [0.1, 0.15) is 0 Å². The molecule has 2 aliphatic rings. The number of aliphatic imine (C=N–C) groups is 1. The number of nitrogens with one attached hydrogen (secondary N) is 1. The highest BCUT2D eigenvalue weighted by molar-refractivity contribution is 8.14. The van der Waals surface area contributed by atoms with Crippen molar-refractivity contribution in [1.29, 1.82) is 0 Å². The van der Waals surface area contributed by atoms with Crippen LogP contribution in [0.4, 0.5) is 0 Å². The molecule has 0 aromatic rings. The molecule has 3 nitrogen and oxygen atoms in total. The molecule has 0 aromatic heterocycles. The topological polar surface area (TPSA) is 33.6 Å². The Morgan fingerprint density at radius 2 is 2.16 bits per heavy atom. The third-order valence-corrected chi connectivity index (χ3v) is 5.55. The van der Waals surface area contributed by atoms with Gasteiger partial charge in [-0.25, -0.2) is 0 Å². The monoisotopic (exact) mass is 284 g/mol. The average Bonchev–Trinajstić information content (AvgIpc) is 2.83. The second kappa shape index (κ2) is 7.53. The molecule has 2 aliphatic heterocycles. The number of nitrogens with zero attached hydrogens (tertiary/aromatic N) is 1. The Balaban J connectivity index is 1.80. The van der Waals surface area contributed by atoms with Gasteiger partial charge in [0.15, 0.2) is 5.17 Å². The van der Waals surface area contributed by atoms with Crippen LogP contribution in [0.1, 0.15) is 52.4 Å². The molecule has 0 aromatic carbocycles. The van der Waals surface area contributed by atoms with E-state index in [2.05, 4.69) is 19.2 Å². The summed E-state index contributed by atoms with van der Waals surface area (Å²) in [6.45, 7) is 7.35. The molecule has 2 saturated heterocycles.